The Hall–Kier alpha value is -2.73. The average molecular weight is 482 g/mol. The van der Waals surface area contributed by atoms with E-state index in [1.807, 2.05) is 0 Å². The second-order valence-corrected chi connectivity index (χ2v) is 9.34. The van der Waals surface area contributed by atoms with Gasteiger partial charge in [-0.25, -0.2) is 22.3 Å². The maximum absolute atomic E-state index is 13.8. The number of anilines is 1. The van der Waals surface area contributed by atoms with Crippen molar-refractivity contribution in [3.63, 3.8) is 0 Å². The normalized spacial score (nSPS) is 20.8. The topological polar surface area (TPSA) is 126 Å². The lowest BCUT2D eigenvalue weighted by Crippen LogP contribution is -2.52. The number of carbonyl (C=O) groups excluding carboxylic acids is 1. The molecule has 1 aliphatic rings. The molecule has 0 aromatic heterocycles. The van der Waals surface area contributed by atoms with Crippen LogP contribution >= 0.6 is 0 Å². The zero-order valence-corrected chi connectivity index (χ0v) is 19.0. The first kappa shape index (κ1) is 24.9. The van der Waals surface area contributed by atoms with Crippen LogP contribution in [0.4, 0.5) is 14.9 Å². The molecule has 180 valence electrons. The van der Waals surface area contributed by atoms with Crippen molar-refractivity contribution in [1.29, 1.82) is 0 Å². The van der Waals surface area contributed by atoms with Gasteiger partial charge in [-0.15, -0.1) is 0 Å². The number of urea groups is 1. The number of sulfonamides is 1. The third kappa shape index (κ3) is 6.87. The quantitative estimate of drug-likeness (QED) is 0.435. The molecule has 0 unspecified atom stereocenters. The van der Waals surface area contributed by atoms with E-state index < -0.39 is 38.9 Å². The minimum absolute atomic E-state index is 0.0511. The van der Waals surface area contributed by atoms with Crippen LogP contribution in [0.1, 0.15) is 19.3 Å². The second kappa shape index (κ2) is 11.4. The number of amides is 2. The van der Waals surface area contributed by atoms with Gasteiger partial charge in [0.2, 0.25) is 10.0 Å². The monoisotopic (exact) mass is 481 g/mol. The number of carbonyl (C=O) groups is 1. The Balaban J connectivity index is 1.46. The van der Waals surface area contributed by atoms with Gasteiger partial charge in [-0.05, 0) is 55.7 Å². The number of benzene rings is 2. The first-order chi connectivity index (χ1) is 15.8. The second-order valence-electron chi connectivity index (χ2n) is 7.61. The van der Waals surface area contributed by atoms with E-state index in [-0.39, 0.29) is 19.3 Å². The molecule has 0 radical (unpaired) electrons. The summed E-state index contributed by atoms with van der Waals surface area (Å²) < 4.78 is 51.6. The van der Waals surface area contributed by atoms with Gasteiger partial charge in [0.15, 0.2) is 0 Å². The summed E-state index contributed by atoms with van der Waals surface area (Å²) in [6.07, 6.45) is 0.508. The van der Waals surface area contributed by atoms with Crippen molar-refractivity contribution in [1.82, 2.24) is 10.0 Å². The highest BCUT2D eigenvalue weighted by atomic mass is 32.2. The third-order valence-electron chi connectivity index (χ3n) is 5.34. The van der Waals surface area contributed by atoms with E-state index in [0.29, 0.717) is 30.7 Å². The summed E-state index contributed by atoms with van der Waals surface area (Å²) in [7, 11) is -2.42. The zero-order chi connectivity index (χ0) is 23.8. The molecule has 33 heavy (non-hydrogen) atoms. The lowest BCUT2D eigenvalue weighted by Gasteiger charge is -2.36. The van der Waals surface area contributed by atoms with Crippen LogP contribution in [0, 0.1) is 5.82 Å². The minimum atomic E-state index is -3.97. The van der Waals surface area contributed by atoms with Gasteiger partial charge in [-0.1, -0.05) is 12.1 Å². The van der Waals surface area contributed by atoms with Gasteiger partial charge in [0.05, 0.1) is 25.9 Å². The number of methoxy groups -OCH3 is 1. The summed E-state index contributed by atoms with van der Waals surface area (Å²) in [5.41, 5.74) is 0.589. The summed E-state index contributed by atoms with van der Waals surface area (Å²) in [5.74, 6) is -0.148. The average Bonchev–Trinajstić information content (AvgIpc) is 2.80. The zero-order valence-electron chi connectivity index (χ0n) is 18.2. The molecule has 2 aromatic carbocycles. The molecule has 0 spiro atoms. The number of ether oxygens (including phenoxy) is 2. The fraction of sp³-hybridized carbons (Fsp3) is 0.409. The molecule has 3 atom stereocenters. The van der Waals surface area contributed by atoms with E-state index in [1.165, 1.54) is 18.2 Å². The van der Waals surface area contributed by atoms with E-state index >= 15 is 0 Å². The largest absolute Gasteiger partial charge is 0.497 e. The first-order valence-electron chi connectivity index (χ1n) is 10.5. The van der Waals surface area contributed by atoms with Gasteiger partial charge >= 0.3 is 6.03 Å². The molecule has 1 fully saturated rings. The standard InChI is InChI=1S/C22H28FN3O6S/c1-31-16-8-6-15(7-9-16)25-22(28)26-19-11-10-17(32-20(19)14-27)12-13-24-33(29,30)21-5-3-2-4-18(21)23/h2-9,17,19-20,24,27H,10-14H2,1H3,(H2,25,26,28)/t17-,19+,20+/m0/s1. The molecular weight excluding hydrogens is 453 g/mol. The predicted molar refractivity (Wildman–Crippen MR) is 120 cm³/mol. The van der Waals surface area contributed by atoms with E-state index in [0.717, 1.165) is 6.07 Å². The number of rotatable bonds is 9. The van der Waals surface area contributed by atoms with Crippen LogP contribution in [0.15, 0.2) is 53.4 Å². The fourth-order valence-electron chi connectivity index (χ4n) is 3.61. The highest BCUT2D eigenvalue weighted by Gasteiger charge is 2.32. The van der Waals surface area contributed by atoms with Crippen molar-refractivity contribution in [3.05, 3.63) is 54.3 Å². The molecule has 11 heteroatoms. The van der Waals surface area contributed by atoms with Crippen molar-refractivity contribution >= 4 is 21.7 Å². The van der Waals surface area contributed by atoms with Crippen molar-refractivity contribution in [2.45, 2.75) is 42.4 Å². The highest BCUT2D eigenvalue weighted by molar-refractivity contribution is 7.89. The molecule has 2 amide bonds. The smallest absolute Gasteiger partial charge is 0.319 e. The Morgan fingerprint density at radius 1 is 1.18 bits per heavy atom. The van der Waals surface area contributed by atoms with Crippen LogP contribution in [-0.2, 0) is 14.8 Å². The number of nitrogens with one attached hydrogen (secondary N) is 3. The summed E-state index contributed by atoms with van der Waals surface area (Å²) in [4.78, 5) is 11.9. The van der Waals surface area contributed by atoms with Gasteiger partial charge in [0.1, 0.15) is 22.6 Å². The van der Waals surface area contributed by atoms with Crippen molar-refractivity contribution in [3.8, 4) is 5.75 Å². The molecule has 2 aromatic rings. The third-order valence-corrected chi connectivity index (χ3v) is 6.84. The minimum Gasteiger partial charge on any atom is -0.497 e. The van der Waals surface area contributed by atoms with E-state index in [9.17, 15) is 22.7 Å². The molecular formula is C22H28FN3O6S. The van der Waals surface area contributed by atoms with Crippen molar-refractivity contribution < 1.29 is 32.2 Å². The number of hydrogen-bond acceptors (Lipinski definition) is 6. The van der Waals surface area contributed by atoms with Gasteiger partial charge in [0, 0.05) is 12.2 Å². The molecule has 1 saturated heterocycles. The first-order valence-corrected chi connectivity index (χ1v) is 12.0. The Kier molecular flexibility index (Phi) is 8.61. The van der Waals surface area contributed by atoms with Crippen molar-refractivity contribution in [2.75, 3.05) is 25.6 Å². The summed E-state index contributed by atoms with van der Waals surface area (Å²) >= 11 is 0. The predicted octanol–water partition coefficient (Wildman–Crippen LogP) is 2.23. The maximum atomic E-state index is 13.8. The number of hydrogen-bond donors (Lipinski definition) is 4. The molecule has 0 aliphatic carbocycles. The van der Waals surface area contributed by atoms with Crippen LogP contribution in [0.5, 0.6) is 5.75 Å². The summed E-state index contributed by atoms with van der Waals surface area (Å²) in [6, 6.07) is 11.2. The van der Waals surface area contributed by atoms with E-state index in [4.69, 9.17) is 9.47 Å². The number of aliphatic hydroxyl groups excluding tert-OH is 1. The Labute approximate surface area is 192 Å². The van der Waals surface area contributed by atoms with Gasteiger partial charge < -0.3 is 25.2 Å². The molecule has 9 nitrogen and oxygen atoms in total. The van der Waals surface area contributed by atoms with Crippen LogP contribution in [0.25, 0.3) is 0 Å². The van der Waals surface area contributed by atoms with E-state index in [1.54, 1.807) is 31.4 Å². The Morgan fingerprint density at radius 3 is 2.58 bits per heavy atom. The number of aliphatic hydroxyl groups is 1. The van der Waals surface area contributed by atoms with Gasteiger partial charge in [0.25, 0.3) is 0 Å². The number of halogens is 1. The lowest BCUT2D eigenvalue weighted by atomic mass is 9.97. The SMILES string of the molecule is COc1ccc(NC(=O)N[C@@H]2CC[C@@H](CCNS(=O)(=O)c3ccccc3F)O[C@@H]2CO)cc1. The van der Waals surface area contributed by atoms with Crippen LogP contribution in [0.3, 0.4) is 0 Å². The Morgan fingerprint density at radius 2 is 1.91 bits per heavy atom. The maximum Gasteiger partial charge on any atom is 0.319 e. The van der Waals surface area contributed by atoms with Gasteiger partial charge in [-0.3, -0.25) is 0 Å². The van der Waals surface area contributed by atoms with Crippen LogP contribution in [-0.4, -0.2) is 58.1 Å². The highest BCUT2D eigenvalue weighted by Crippen LogP contribution is 2.22. The lowest BCUT2D eigenvalue weighted by molar-refractivity contribution is -0.0884. The molecule has 4 N–H and O–H groups in total. The summed E-state index contributed by atoms with van der Waals surface area (Å²) in [6.45, 7) is -0.250. The van der Waals surface area contributed by atoms with Gasteiger partial charge in [-0.2, -0.15) is 0 Å². The van der Waals surface area contributed by atoms with E-state index in [2.05, 4.69) is 15.4 Å². The van der Waals surface area contributed by atoms with Crippen LogP contribution in [0.2, 0.25) is 0 Å². The molecule has 1 aliphatic heterocycles. The molecule has 0 saturated carbocycles. The molecule has 1 heterocycles. The molecule has 3 rings (SSSR count). The molecule has 0 bridgehead atoms. The Bertz CT molecular complexity index is 1030. The fourth-order valence-corrected chi connectivity index (χ4v) is 4.74. The van der Waals surface area contributed by atoms with Crippen LogP contribution < -0.4 is 20.1 Å². The summed E-state index contributed by atoms with van der Waals surface area (Å²) in [5, 5.41) is 15.2. The van der Waals surface area contributed by atoms with Crippen molar-refractivity contribution in [2.24, 2.45) is 0 Å².